The van der Waals surface area contributed by atoms with Crippen molar-refractivity contribution in [1.29, 1.82) is 0 Å². The predicted octanol–water partition coefficient (Wildman–Crippen LogP) is 5.17. The van der Waals surface area contributed by atoms with Crippen LogP contribution in [0.2, 0.25) is 0 Å². The summed E-state index contributed by atoms with van der Waals surface area (Å²) >= 11 is 3.10. The van der Waals surface area contributed by atoms with Crippen molar-refractivity contribution in [3.8, 4) is 16.4 Å². The largest absolute Gasteiger partial charge is 0.355 e. The number of thiophene rings is 1. The molecule has 2 heterocycles. The quantitative estimate of drug-likeness (QED) is 0.529. The van der Waals surface area contributed by atoms with E-state index in [4.69, 9.17) is 0 Å². The Morgan fingerprint density at radius 3 is 2.69 bits per heavy atom. The molecule has 7 heteroatoms. The molecular formula is C22H26N4OS2. The van der Waals surface area contributed by atoms with E-state index in [1.165, 1.54) is 43.9 Å². The Kier molecular flexibility index (Phi) is 6.67. The highest BCUT2D eigenvalue weighted by Gasteiger charge is 2.23. The fraction of sp³-hybridized carbons (Fsp3) is 0.409. The molecule has 1 atom stereocenters. The zero-order valence-electron chi connectivity index (χ0n) is 16.6. The highest BCUT2D eigenvalue weighted by Crippen LogP contribution is 2.32. The van der Waals surface area contributed by atoms with Gasteiger partial charge in [-0.25, -0.2) is 0 Å². The lowest BCUT2D eigenvalue weighted by Crippen LogP contribution is -2.35. The number of aromatic nitrogens is 3. The summed E-state index contributed by atoms with van der Waals surface area (Å²) in [6.07, 6.45) is 6.37. The lowest BCUT2D eigenvalue weighted by Gasteiger charge is -2.22. The van der Waals surface area contributed by atoms with Crippen molar-refractivity contribution in [2.45, 2.75) is 49.4 Å². The molecule has 1 unspecified atom stereocenters. The molecule has 1 amide bonds. The van der Waals surface area contributed by atoms with E-state index < -0.39 is 0 Å². The number of hydrogen-bond donors (Lipinski definition) is 1. The van der Waals surface area contributed by atoms with Gasteiger partial charge in [0.1, 0.15) is 0 Å². The predicted molar refractivity (Wildman–Crippen MR) is 120 cm³/mol. The van der Waals surface area contributed by atoms with Gasteiger partial charge in [0.15, 0.2) is 11.0 Å². The number of rotatable bonds is 7. The highest BCUT2D eigenvalue weighted by molar-refractivity contribution is 8.00. The minimum atomic E-state index is -0.235. The van der Waals surface area contributed by atoms with Gasteiger partial charge in [-0.15, -0.1) is 21.5 Å². The summed E-state index contributed by atoms with van der Waals surface area (Å²) in [6.45, 7) is 2.73. The standard InChI is InChI=1S/C22H26N4OS2/c1-16(21(27)23-15-17-9-4-2-5-10-17)29-22-25-24-20(19-13-8-14-28-19)26(22)18-11-6-3-7-12-18/h3,6-8,11-14,16-17H,2,4-5,9-10,15H2,1H3,(H,23,27). The fourth-order valence-electron chi connectivity index (χ4n) is 3.71. The fourth-order valence-corrected chi connectivity index (χ4v) is 5.30. The molecule has 1 fully saturated rings. The van der Waals surface area contributed by atoms with Gasteiger partial charge in [0, 0.05) is 12.2 Å². The Morgan fingerprint density at radius 2 is 1.97 bits per heavy atom. The van der Waals surface area contributed by atoms with E-state index in [1.807, 2.05) is 59.3 Å². The second kappa shape index (κ2) is 9.59. The molecule has 1 aliphatic carbocycles. The molecule has 29 heavy (non-hydrogen) atoms. The molecule has 1 saturated carbocycles. The molecule has 0 aliphatic heterocycles. The monoisotopic (exact) mass is 426 g/mol. The van der Waals surface area contributed by atoms with E-state index in [0.29, 0.717) is 5.92 Å². The first kappa shape index (κ1) is 20.2. The van der Waals surface area contributed by atoms with E-state index in [1.54, 1.807) is 11.3 Å². The number of nitrogens with zero attached hydrogens (tertiary/aromatic N) is 3. The van der Waals surface area contributed by atoms with Crippen molar-refractivity contribution < 1.29 is 4.79 Å². The van der Waals surface area contributed by atoms with Crippen LogP contribution in [0.4, 0.5) is 0 Å². The average Bonchev–Trinajstić information content (AvgIpc) is 3.43. The molecule has 5 nitrogen and oxygen atoms in total. The van der Waals surface area contributed by atoms with Crippen LogP contribution in [0.1, 0.15) is 39.0 Å². The minimum absolute atomic E-state index is 0.0702. The van der Waals surface area contributed by atoms with Crippen LogP contribution in [0.3, 0.4) is 0 Å². The smallest absolute Gasteiger partial charge is 0.233 e. The first-order valence-electron chi connectivity index (χ1n) is 10.2. The van der Waals surface area contributed by atoms with Gasteiger partial charge in [-0.2, -0.15) is 0 Å². The maximum absolute atomic E-state index is 12.7. The van der Waals surface area contributed by atoms with Crippen molar-refractivity contribution in [2.75, 3.05) is 6.54 Å². The number of amides is 1. The summed E-state index contributed by atoms with van der Waals surface area (Å²) in [5.74, 6) is 1.51. The summed E-state index contributed by atoms with van der Waals surface area (Å²) in [7, 11) is 0. The molecule has 2 aromatic heterocycles. The first-order chi connectivity index (χ1) is 14.2. The molecule has 1 aliphatic rings. The van der Waals surface area contributed by atoms with Gasteiger partial charge in [0.2, 0.25) is 5.91 Å². The van der Waals surface area contributed by atoms with Crippen LogP contribution in [0.25, 0.3) is 16.4 Å². The summed E-state index contributed by atoms with van der Waals surface area (Å²) < 4.78 is 2.04. The molecule has 152 valence electrons. The van der Waals surface area contributed by atoms with Gasteiger partial charge in [-0.1, -0.05) is 55.3 Å². The average molecular weight is 427 g/mol. The molecule has 0 bridgehead atoms. The lowest BCUT2D eigenvalue weighted by molar-refractivity contribution is -0.120. The summed E-state index contributed by atoms with van der Waals surface area (Å²) in [6, 6.07) is 14.1. The highest BCUT2D eigenvalue weighted by atomic mass is 32.2. The number of carbonyl (C=O) groups is 1. The van der Waals surface area contributed by atoms with Crippen LogP contribution in [0, 0.1) is 5.92 Å². The Bertz CT molecular complexity index is 918. The van der Waals surface area contributed by atoms with Crippen molar-refractivity contribution in [1.82, 2.24) is 20.1 Å². The van der Waals surface area contributed by atoms with Crippen LogP contribution in [0.15, 0.2) is 53.0 Å². The minimum Gasteiger partial charge on any atom is -0.355 e. The molecule has 3 aromatic rings. The topological polar surface area (TPSA) is 59.8 Å². The second-order valence-electron chi connectivity index (χ2n) is 7.46. The maximum atomic E-state index is 12.7. The number of nitrogens with one attached hydrogen (secondary N) is 1. The molecule has 1 aromatic carbocycles. The van der Waals surface area contributed by atoms with E-state index in [2.05, 4.69) is 15.5 Å². The Morgan fingerprint density at radius 1 is 1.17 bits per heavy atom. The van der Waals surface area contributed by atoms with Gasteiger partial charge in [-0.3, -0.25) is 9.36 Å². The lowest BCUT2D eigenvalue weighted by atomic mass is 9.89. The Hall–Kier alpha value is -2.12. The first-order valence-corrected chi connectivity index (χ1v) is 12.0. The van der Waals surface area contributed by atoms with Crippen LogP contribution in [-0.4, -0.2) is 32.5 Å². The maximum Gasteiger partial charge on any atom is 0.233 e. The van der Waals surface area contributed by atoms with Crippen LogP contribution >= 0.6 is 23.1 Å². The molecule has 0 radical (unpaired) electrons. The Balaban J connectivity index is 1.50. The van der Waals surface area contributed by atoms with E-state index in [-0.39, 0.29) is 11.2 Å². The zero-order valence-corrected chi connectivity index (χ0v) is 18.2. The van der Waals surface area contributed by atoms with E-state index in [9.17, 15) is 4.79 Å². The van der Waals surface area contributed by atoms with Gasteiger partial charge in [0.25, 0.3) is 0 Å². The summed E-state index contributed by atoms with van der Waals surface area (Å²) in [5, 5.41) is 14.5. The van der Waals surface area contributed by atoms with Gasteiger partial charge in [0.05, 0.1) is 10.1 Å². The van der Waals surface area contributed by atoms with Gasteiger partial charge >= 0.3 is 0 Å². The number of thioether (sulfide) groups is 1. The number of carbonyl (C=O) groups excluding carboxylic acids is 1. The normalized spacial score (nSPS) is 15.9. The molecule has 0 saturated heterocycles. The van der Waals surface area contributed by atoms with Crippen LogP contribution < -0.4 is 5.32 Å². The van der Waals surface area contributed by atoms with Gasteiger partial charge in [-0.05, 0) is 49.3 Å². The third-order valence-electron chi connectivity index (χ3n) is 5.33. The Labute approximate surface area is 179 Å². The van der Waals surface area contributed by atoms with Crippen molar-refractivity contribution in [2.24, 2.45) is 5.92 Å². The third-order valence-corrected chi connectivity index (χ3v) is 7.24. The third kappa shape index (κ3) is 4.90. The summed E-state index contributed by atoms with van der Waals surface area (Å²) in [5.41, 5.74) is 0.998. The number of benzene rings is 1. The molecule has 4 rings (SSSR count). The van der Waals surface area contributed by atoms with E-state index >= 15 is 0 Å². The van der Waals surface area contributed by atoms with Crippen LogP contribution in [-0.2, 0) is 4.79 Å². The molecule has 1 N–H and O–H groups in total. The van der Waals surface area contributed by atoms with Gasteiger partial charge < -0.3 is 5.32 Å². The van der Waals surface area contributed by atoms with Crippen molar-refractivity contribution in [3.05, 3.63) is 47.8 Å². The molecular weight excluding hydrogens is 400 g/mol. The zero-order chi connectivity index (χ0) is 20.1. The van der Waals surface area contributed by atoms with E-state index in [0.717, 1.165) is 28.1 Å². The van der Waals surface area contributed by atoms with Crippen molar-refractivity contribution >= 4 is 29.0 Å². The van der Waals surface area contributed by atoms with Crippen molar-refractivity contribution in [3.63, 3.8) is 0 Å². The molecule has 0 spiro atoms. The summed E-state index contributed by atoms with van der Waals surface area (Å²) in [4.78, 5) is 13.7. The number of hydrogen-bond acceptors (Lipinski definition) is 5. The second-order valence-corrected chi connectivity index (χ2v) is 9.72. The SMILES string of the molecule is CC(Sc1nnc(-c2cccs2)n1-c1ccccc1)C(=O)NCC1CCCCC1. The number of para-hydroxylation sites is 1. The van der Waals surface area contributed by atoms with Crippen LogP contribution in [0.5, 0.6) is 0 Å².